The molecule has 0 aliphatic heterocycles. The highest BCUT2D eigenvalue weighted by Crippen LogP contribution is 2.30. The highest BCUT2D eigenvalue weighted by Gasteiger charge is 2.35. The third-order valence-electron chi connectivity index (χ3n) is 3.16. The summed E-state index contributed by atoms with van der Waals surface area (Å²) in [7, 11) is -3.16. The number of sulfonamides is 1. The van der Waals surface area contributed by atoms with Crippen molar-refractivity contribution in [1.82, 2.24) is 9.62 Å². The molecule has 0 radical (unpaired) electrons. The van der Waals surface area contributed by atoms with Crippen LogP contribution in [0.25, 0.3) is 0 Å². The van der Waals surface area contributed by atoms with E-state index in [0.717, 1.165) is 24.8 Å². The molecular weight excluding hydrogens is 325 g/mol. The molecule has 21 heavy (non-hydrogen) atoms. The largest absolute Gasteiger partial charge is 0.402 e. The Morgan fingerprint density at radius 3 is 2.57 bits per heavy atom. The van der Waals surface area contributed by atoms with Crippen LogP contribution in [0, 0.1) is 6.92 Å². The smallest absolute Gasteiger partial charge is 0.309 e. The average molecular weight is 342 g/mol. The predicted octanol–water partition coefficient (Wildman–Crippen LogP) is 2.49. The molecule has 1 aliphatic carbocycles. The van der Waals surface area contributed by atoms with Crippen LogP contribution in [0.15, 0.2) is 11.0 Å². The molecule has 4 nitrogen and oxygen atoms in total. The molecule has 0 unspecified atom stereocenters. The first-order valence-electron chi connectivity index (χ1n) is 6.45. The van der Waals surface area contributed by atoms with Gasteiger partial charge in [0.1, 0.15) is 6.54 Å². The van der Waals surface area contributed by atoms with Gasteiger partial charge in [-0.1, -0.05) is 0 Å². The van der Waals surface area contributed by atoms with Gasteiger partial charge in [0.15, 0.2) is 0 Å². The van der Waals surface area contributed by atoms with Crippen molar-refractivity contribution in [2.24, 2.45) is 0 Å². The number of nitrogens with one attached hydrogen (secondary N) is 1. The molecule has 9 heteroatoms. The summed E-state index contributed by atoms with van der Waals surface area (Å²) in [5.74, 6) is 0. The molecule has 0 saturated heterocycles. The zero-order valence-electron chi connectivity index (χ0n) is 11.7. The molecule has 0 atom stereocenters. The summed E-state index contributed by atoms with van der Waals surface area (Å²) in [6, 6.07) is 1.96. The Morgan fingerprint density at radius 2 is 2.05 bits per heavy atom. The minimum Gasteiger partial charge on any atom is -0.309 e. The fourth-order valence-corrected chi connectivity index (χ4v) is 4.61. The second kappa shape index (κ2) is 5.86. The van der Waals surface area contributed by atoms with Crippen LogP contribution >= 0.6 is 11.3 Å². The first-order valence-corrected chi connectivity index (χ1v) is 8.71. The van der Waals surface area contributed by atoms with Crippen LogP contribution in [0.2, 0.25) is 0 Å². The number of alkyl halides is 3. The Balaban J connectivity index is 2.14. The lowest BCUT2D eigenvalue weighted by Crippen LogP contribution is -2.35. The van der Waals surface area contributed by atoms with Gasteiger partial charge in [0, 0.05) is 29.4 Å². The lowest BCUT2D eigenvalue weighted by molar-refractivity contribution is -0.134. The molecule has 1 fully saturated rings. The van der Waals surface area contributed by atoms with E-state index in [1.807, 2.05) is 0 Å². The minimum absolute atomic E-state index is 0.0353. The van der Waals surface area contributed by atoms with Crippen molar-refractivity contribution in [3.8, 4) is 0 Å². The molecule has 1 aromatic heterocycles. The highest BCUT2D eigenvalue weighted by molar-refractivity contribution is 7.89. The zero-order chi connectivity index (χ0) is 15.8. The van der Waals surface area contributed by atoms with Crippen molar-refractivity contribution < 1.29 is 21.6 Å². The fourth-order valence-electron chi connectivity index (χ4n) is 1.91. The molecule has 0 aromatic carbocycles. The summed E-state index contributed by atoms with van der Waals surface area (Å²) >= 11 is 1.30. The van der Waals surface area contributed by atoms with E-state index in [1.54, 1.807) is 6.92 Å². The number of hydrogen-bond donors (Lipinski definition) is 1. The first-order chi connectivity index (χ1) is 9.59. The summed E-state index contributed by atoms with van der Waals surface area (Å²) in [4.78, 5) is 1.29. The normalized spacial score (nSPS) is 16.7. The van der Waals surface area contributed by atoms with Gasteiger partial charge in [-0.3, -0.25) is 0 Å². The zero-order valence-corrected chi connectivity index (χ0v) is 13.3. The topological polar surface area (TPSA) is 49.4 Å². The predicted molar refractivity (Wildman–Crippen MR) is 74.8 cm³/mol. The third-order valence-corrected chi connectivity index (χ3v) is 6.27. The maximum absolute atomic E-state index is 12.4. The molecule has 0 bridgehead atoms. The van der Waals surface area contributed by atoms with Gasteiger partial charge in [-0.25, -0.2) is 8.42 Å². The SMILES string of the molecule is Cc1sc(CNC2CC2)cc1S(=O)(=O)N(C)CC(F)(F)F. The Morgan fingerprint density at radius 1 is 1.43 bits per heavy atom. The van der Waals surface area contributed by atoms with Crippen LogP contribution in [0.1, 0.15) is 22.6 Å². The van der Waals surface area contributed by atoms with E-state index in [4.69, 9.17) is 0 Å². The Labute approximate surface area is 126 Å². The van der Waals surface area contributed by atoms with E-state index in [9.17, 15) is 21.6 Å². The van der Waals surface area contributed by atoms with Crippen LogP contribution < -0.4 is 5.32 Å². The Hall–Kier alpha value is -0.640. The maximum atomic E-state index is 12.4. The molecule has 1 heterocycles. The van der Waals surface area contributed by atoms with E-state index in [1.165, 1.54) is 17.4 Å². The van der Waals surface area contributed by atoms with E-state index >= 15 is 0 Å². The summed E-state index contributed by atoms with van der Waals surface area (Å²) in [5, 5.41) is 3.25. The third kappa shape index (κ3) is 4.41. The van der Waals surface area contributed by atoms with Gasteiger partial charge in [0.25, 0.3) is 0 Å². The second-order valence-corrected chi connectivity index (χ2v) is 8.52. The molecule has 0 amide bonds. The van der Waals surface area contributed by atoms with E-state index < -0.39 is 22.7 Å². The highest BCUT2D eigenvalue weighted by atomic mass is 32.2. The van der Waals surface area contributed by atoms with Crippen molar-refractivity contribution in [3.63, 3.8) is 0 Å². The summed E-state index contributed by atoms with van der Waals surface area (Å²) in [6.45, 7) is 0.675. The van der Waals surface area contributed by atoms with Crippen LogP contribution in [0.4, 0.5) is 13.2 Å². The molecule has 1 aromatic rings. The quantitative estimate of drug-likeness (QED) is 0.864. The lowest BCUT2D eigenvalue weighted by Gasteiger charge is -2.18. The number of halogens is 3. The van der Waals surface area contributed by atoms with E-state index in [0.29, 0.717) is 21.8 Å². The number of rotatable bonds is 6. The number of aryl methyl sites for hydroxylation is 1. The van der Waals surface area contributed by atoms with Crippen molar-refractivity contribution in [1.29, 1.82) is 0 Å². The fraction of sp³-hybridized carbons (Fsp3) is 0.667. The van der Waals surface area contributed by atoms with Gasteiger partial charge in [-0.05, 0) is 25.8 Å². The van der Waals surface area contributed by atoms with Gasteiger partial charge < -0.3 is 5.32 Å². The standard InChI is InChI=1S/C12H17F3N2O2S2/c1-8-11(5-10(20-8)6-16-9-3-4-9)21(18,19)17(2)7-12(13,14)15/h5,9,16H,3-4,6-7H2,1-2H3. The van der Waals surface area contributed by atoms with Crippen LogP contribution in [-0.2, 0) is 16.6 Å². The first kappa shape index (κ1) is 16.7. The molecule has 2 rings (SSSR count). The molecule has 1 saturated carbocycles. The summed E-state index contributed by atoms with van der Waals surface area (Å²) in [5.41, 5.74) is 0. The monoisotopic (exact) mass is 342 g/mol. The van der Waals surface area contributed by atoms with Crippen molar-refractivity contribution in [3.05, 3.63) is 15.8 Å². The molecule has 1 aliphatic rings. The van der Waals surface area contributed by atoms with Gasteiger partial charge in [0.05, 0.1) is 4.90 Å². The van der Waals surface area contributed by atoms with Crippen LogP contribution in [0.3, 0.4) is 0 Å². The molecular formula is C12H17F3N2O2S2. The maximum Gasteiger partial charge on any atom is 0.402 e. The average Bonchev–Trinajstić information content (AvgIpc) is 3.07. The van der Waals surface area contributed by atoms with Crippen molar-refractivity contribution in [2.45, 2.75) is 43.4 Å². The number of nitrogens with zero attached hydrogens (tertiary/aromatic N) is 1. The summed E-state index contributed by atoms with van der Waals surface area (Å²) in [6.07, 6.45) is -2.32. The Kier molecular flexibility index (Phi) is 4.67. The van der Waals surface area contributed by atoms with Gasteiger partial charge >= 0.3 is 6.18 Å². The van der Waals surface area contributed by atoms with Crippen molar-refractivity contribution >= 4 is 21.4 Å². The molecule has 120 valence electrons. The number of hydrogen-bond acceptors (Lipinski definition) is 4. The van der Waals surface area contributed by atoms with Gasteiger partial charge in [-0.2, -0.15) is 17.5 Å². The van der Waals surface area contributed by atoms with Gasteiger partial charge in [0.2, 0.25) is 10.0 Å². The molecule has 0 spiro atoms. The van der Waals surface area contributed by atoms with Crippen LogP contribution in [-0.4, -0.2) is 38.5 Å². The Bertz CT molecular complexity index is 607. The molecule has 1 N–H and O–H groups in total. The van der Waals surface area contributed by atoms with Gasteiger partial charge in [-0.15, -0.1) is 11.3 Å². The van der Waals surface area contributed by atoms with E-state index in [2.05, 4.69) is 5.32 Å². The second-order valence-electron chi connectivity index (χ2n) is 5.16. The van der Waals surface area contributed by atoms with Crippen molar-refractivity contribution in [2.75, 3.05) is 13.6 Å². The summed E-state index contributed by atoms with van der Waals surface area (Å²) < 4.78 is 61.8. The van der Waals surface area contributed by atoms with Crippen LogP contribution in [0.5, 0.6) is 0 Å². The number of thiophene rings is 1. The minimum atomic E-state index is -4.55. The van der Waals surface area contributed by atoms with E-state index in [-0.39, 0.29) is 4.90 Å². The lowest BCUT2D eigenvalue weighted by atomic mass is 10.4.